The lowest BCUT2D eigenvalue weighted by Crippen LogP contribution is -2.43. The molecule has 1 aromatic carbocycles. The van der Waals surface area contributed by atoms with Crippen LogP contribution in [0.25, 0.3) is 11.3 Å². The fourth-order valence-corrected chi connectivity index (χ4v) is 3.58. The van der Waals surface area contributed by atoms with Gasteiger partial charge in [-0.05, 0) is 25.0 Å². The largest absolute Gasteiger partial charge is 0.337 e. The lowest BCUT2D eigenvalue weighted by Gasteiger charge is -2.34. The van der Waals surface area contributed by atoms with E-state index in [9.17, 15) is 4.79 Å². The minimum Gasteiger partial charge on any atom is -0.337 e. The first-order valence-electron chi connectivity index (χ1n) is 9.28. The number of halogens is 1. The van der Waals surface area contributed by atoms with Gasteiger partial charge in [-0.3, -0.25) is 4.79 Å². The molecule has 5 heteroatoms. The number of benzene rings is 1. The molecule has 1 fully saturated rings. The molecule has 0 spiro atoms. The van der Waals surface area contributed by atoms with Crippen molar-refractivity contribution < 1.29 is 4.79 Å². The van der Waals surface area contributed by atoms with Crippen molar-refractivity contribution in [2.45, 2.75) is 52.5 Å². The highest BCUT2D eigenvalue weighted by atomic mass is 35.5. The van der Waals surface area contributed by atoms with E-state index in [4.69, 9.17) is 21.6 Å². The molecule has 4 rings (SSSR count). The maximum atomic E-state index is 12.8. The normalized spacial score (nSPS) is 17.2. The minimum absolute atomic E-state index is 0.177. The van der Waals surface area contributed by atoms with Crippen LogP contribution in [0.1, 0.15) is 56.6 Å². The van der Waals surface area contributed by atoms with Crippen molar-refractivity contribution in [2.75, 3.05) is 6.54 Å². The molecule has 2 heterocycles. The van der Waals surface area contributed by atoms with Crippen LogP contribution < -0.4 is 0 Å². The molecule has 0 unspecified atom stereocenters. The third kappa shape index (κ3) is 3.35. The first kappa shape index (κ1) is 17.5. The third-order valence-corrected chi connectivity index (χ3v) is 5.32. The molecule has 136 valence electrons. The van der Waals surface area contributed by atoms with Crippen LogP contribution >= 0.6 is 11.6 Å². The van der Waals surface area contributed by atoms with Crippen molar-refractivity contribution in [3.8, 4) is 11.3 Å². The van der Waals surface area contributed by atoms with Gasteiger partial charge in [0.15, 0.2) is 0 Å². The zero-order valence-electron chi connectivity index (χ0n) is 15.6. The second-order valence-corrected chi connectivity index (χ2v) is 8.80. The van der Waals surface area contributed by atoms with Crippen LogP contribution in [0, 0.1) is 5.41 Å². The van der Waals surface area contributed by atoms with Gasteiger partial charge >= 0.3 is 0 Å². The second-order valence-electron chi connectivity index (χ2n) is 8.36. The molecule has 1 aromatic heterocycles. The van der Waals surface area contributed by atoms with E-state index in [-0.39, 0.29) is 11.3 Å². The molecule has 0 saturated heterocycles. The van der Waals surface area contributed by atoms with Gasteiger partial charge in [-0.15, -0.1) is 0 Å². The molecule has 0 atom stereocenters. The Bertz CT molecular complexity index is 851. The lowest BCUT2D eigenvalue weighted by molar-refractivity contribution is -0.140. The quantitative estimate of drug-likeness (QED) is 0.776. The second kappa shape index (κ2) is 6.34. The number of fused-ring (bicyclic) bond motifs is 1. The fourth-order valence-electron chi connectivity index (χ4n) is 3.45. The van der Waals surface area contributed by atoms with Gasteiger partial charge in [0.2, 0.25) is 5.91 Å². The Kier molecular flexibility index (Phi) is 4.26. The highest BCUT2D eigenvalue weighted by Crippen LogP contribution is 2.40. The molecular weight excluding hydrogens is 346 g/mol. The van der Waals surface area contributed by atoms with E-state index in [1.165, 1.54) is 12.8 Å². The van der Waals surface area contributed by atoms with Crippen LogP contribution in [0.2, 0.25) is 5.02 Å². The predicted octanol–water partition coefficient (Wildman–Crippen LogP) is 4.61. The predicted molar refractivity (Wildman–Crippen MR) is 103 cm³/mol. The van der Waals surface area contributed by atoms with Crippen LogP contribution in [0.5, 0.6) is 0 Å². The highest BCUT2D eigenvalue weighted by molar-refractivity contribution is 6.30. The van der Waals surface area contributed by atoms with E-state index < -0.39 is 0 Å². The van der Waals surface area contributed by atoms with E-state index in [1.807, 2.05) is 49.9 Å². The number of hydrogen-bond acceptors (Lipinski definition) is 3. The van der Waals surface area contributed by atoms with Crippen LogP contribution in [-0.4, -0.2) is 27.3 Å². The zero-order valence-corrected chi connectivity index (χ0v) is 16.3. The number of carbonyl (C=O) groups excluding carboxylic acids is 1. The van der Waals surface area contributed by atoms with Gasteiger partial charge < -0.3 is 4.90 Å². The maximum Gasteiger partial charge on any atom is 0.228 e. The summed E-state index contributed by atoms with van der Waals surface area (Å²) in [4.78, 5) is 24.5. The van der Waals surface area contributed by atoms with Crippen LogP contribution in [0.15, 0.2) is 24.3 Å². The first-order chi connectivity index (χ1) is 12.3. The minimum atomic E-state index is -0.382. The van der Waals surface area contributed by atoms with Gasteiger partial charge in [0, 0.05) is 47.0 Å². The summed E-state index contributed by atoms with van der Waals surface area (Å²) in [5.74, 6) is 1.64. The summed E-state index contributed by atoms with van der Waals surface area (Å²) in [6.07, 6.45) is 3.14. The number of hydrogen-bond donors (Lipinski definition) is 0. The van der Waals surface area contributed by atoms with Crippen LogP contribution in [-0.2, 0) is 17.8 Å². The first-order valence-corrected chi connectivity index (χ1v) is 9.66. The monoisotopic (exact) mass is 369 g/mol. The molecule has 2 aliphatic rings. The summed E-state index contributed by atoms with van der Waals surface area (Å²) >= 11 is 6.06. The molecule has 0 radical (unpaired) electrons. The fraction of sp³-hybridized carbons (Fsp3) is 0.476. The summed E-state index contributed by atoms with van der Waals surface area (Å²) < 4.78 is 0. The van der Waals surface area contributed by atoms with E-state index in [1.54, 1.807) is 0 Å². The average molecular weight is 370 g/mol. The Labute approximate surface area is 159 Å². The highest BCUT2D eigenvalue weighted by Gasteiger charge is 2.34. The number of amides is 1. The number of nitrogens with zero attached hydrogens (tertiary/aromatic N) is 3. The Morgan fingerprint density at radius 2 is 1.85 bits per heavy atom. The number of aromatic nitrogens is 2. The summed E-state index contributed by atoms with van der Waals surface area (Å²) in [6, 6.07) is 7.80. The molecule has 26 heavy (non-hydrogen) atoms. The summed E-state index contributed by atoms with van der Waals surface area (Å²) in [6.45, 7) is 7.21. The Hall–Kier alpha value is -1.94. The van der Waals surface area contributed by atoms with Gasteiger partial charge in [0.25, 0.3) is 0 Å². The molecular formula is C21H24ClN3O. The molecule has 0 bridgehead atoms. The Morgan fingerprint density at radius 1 is 1.15 bits per heavy atom. The van der Waals surface area contributed by atoms with Crippen LogP contribution in [0.4, 0.5) is 0 Å². The summed E-state index contributed by atoms with van der Waals surface area (Å²) in [5.41, 5.74) is 3.80. The van der Waals surface area contributed by atoms with E-state index in [0.29, 0.717) is 17.5 Å². The zero-order chi connectivity index (χ0) is 18.5. The average Bonchev–Trinajstić information content (AvgIpc) is 3.45. The molecule has 1 amide bonds. The van der Waals surface area contributed by atoms with E-state index in [2.05, 4.69) is 0 Å². The molecule has 1 aliphatic carbocycles. The lowest BCUT2D eigenvalue weighted by atomic mass is 9.92. The summed E-state index contributed by atoms with van der Waals surface area (Å²) in [5, 5.41) is 0.712. The van der Waals surface area contributed by atoms with Gasteiger partial charge in [-0.25, -0.2) is 9.97 Å². The van der Waals surface area contributed by atoms with E-state index >= 15 is 0 Å². The molecule has 4 nitrogen and oxygen atoms in total. The van der Waals surface area contributed by atoms with Crippen molar-refractivity contribution in [3.63, 3.8) is 0 Å². The van der Waals surface area contributed by atoms with Crippen molar-refractivity contribution in [1.29, 1.82) is 0 Å². The molecule has 1 aliphatic heterocycles. The molecule has 0 N–H and O–H groups in total. The summed E-state index contributed by atoms with van der Waals surface area (Å²) in [7, 11) is 0. The van der Waals surface area contributed by atoms with Gasteiger partial charge in [0.05, 0.1) is 11.4 Å². The molecule has 1 saturated carbocycles. The number of rotatable bonds is 2. The standard InChI is InChI=1S/C21H24ClN3O/c1-21(2,3)20(26)25-11-10-17-16(12-25)18(13-6-8-15(22)9-7-13)24-19(23-17)14-4-5-14/h6-9,14H,4-5,10-12H2,1-3H3. The molecule has 2 aromatic rings. The Morgan fingerprint density at radius 3 is 2.46 bits per heavy atom. The smallest absolute Gasteiger partial charge is 0.228 e. The Balaban J connectivity index is 1.77. The topological polar surface area (TPSA) is 46.1 Å². The van der Waals surface area contributed by atoms with E-state index in [0.717, 1.165) is 41.3 Å². The van der Waals surface area contributed by atoms with Crippen molar-refractivity contribution in [1.82, 2.24) is 14.9 Å². The third-order valence-electron chi connectivity index (χ3n) is 5.07. The van der Waals surface area contributed by atoms with Gasteiger partial charge in [-0.1, -0.05) is 44.5 Å². The van der Waals surface area contributed by atoms with Crippen molar-refractivity contribution in [3.05, 3.63) is 46.4 Å². The van der Waals surface area contributed by atoms with Gasteiger partial charge in [-0.2, -0.15) is 0 Å². The van der Waals surface area contributed by atoms with Crippen molar-refractivity contribution in [2.24, 2.45) is 5.41 Å². The number of carbonyl (C=O) groups is 1. The van der Waals surface area contributed by atoms with Gasteiger partial charge in [0.1, 0.15) is 5.82 Å². The SMILES string of the molecule is CC(C)(C)C(=O)N1CCc2nc(C3CC3)nc(-c3ccc(Cl)cc3)c2C1. The maximum absolute atomic E-state index is 12.8. The van der Waals surface area contributed by atoms with Crippen LogP contribution in [0.3, 0.4) is 0 Å². The van der Waals surface area contributed by atoms with Crippen molar-refractivity contribution >= 4 is 17.5 Å².